The van der Waals surface area contributed by atoms with Gasteiger partial charge in [0.15, 0.2) is 0 Å². The van der Waals surface area contributed by atoms with Crippen molar-refractivity contribution in [2.24, 2.45) is 5.10 Å². The van der Waals surface area contributed by atoms with E-state index in [-0.39, 0.29) is 11.8 Å². The summed E-state index contributed by atoms with van der Waals surface area (Å²) >= 11 is 0. The maximum Gasteiger partial charge on any atom is 0.271 e. The van der Waals surface area contributed by atoms with Crippen molar-refractivity contribution in [2.45, 2.75) is 52.9 Å². The first kappa shape index (κ1) is 17.9. The molecule has 0 radical (unpaired) electrons. The van der Waals surface area contributed by atoms with Crippen molar-refractivity contribution in [2.75, 3.05) is 5.32 Å². The standard InChI is InChI=1S/C17H25N3O2/c1-4-7-8-16(21)18-15-11-9-13(10-12-15)17(22)20-19-14(5-2)6-3/h9-12H,4-8H2,1-3H3,(H,18,21)(H,20,22). The molecule has 2 N–H and O–H groups in total. The molecule has 0 saturated carbocycles. The van der Waals surface area contributed by atoms with E-state index in [2.05, 4.69) is 15.8 Å². The average Bonchev–Trinajstić information content (AvgIpc) is 2.54. The summed E-state index contributed by atoms with van der Waals surface area (Å²) in [7, 11) is 0. The molecule has 1 aromatic rings. The van der Waals surface area contributed by atoms with Crippen molar-refractivity contribution in [3.63, 3.8) is 0 Å². The maximum absolute atomic E-state index is 12.0. The van der Waals surface area contributed by atoms with Gasteiger partial charge in [-0.2, -0.15) is 5.10 Å². The van der Waals surface area contributed by atoms with Crippen LogP contribution >= 0.6 is 0 Å². The van der Waals surface area contributed by atoms with E-state index in [9.17, 15) is 9.59 Å². The largest absolute Gasteiger partial charge is 0.326 e. The fourth-order valence-electron chi connectivity index (χ4n) is 1.87. The zero-order valence-corrected chi connectivity index (χ0v) is 13.6. The quantitative estimate of drug-likeness (QED) is 0.567. The molecule has 1 aromatic carbocycles. The van der Waals surface area contributed by atoms with E-state index in [1.54, 1.807) is 24.3 Å². The summed E-state index contributed by atoms with van der Waals surface area (Å²) in [6.45, 7) is 6.06. The molecule has 0 spiro atoms. The van der Waals surface area contributed by atoms with E-state index < -0.39 is 0 Å². The molecule has 0 atom stereocenters. The number of hydrogen-bond donors (Lipinski definition) is 2. The molecule has 22 heavy (non-hydrogen) atoms. The van der Waals surface area contributed by atoms with Crippen molar-refractivity contribution in [1.82, 2.24) is 5.43 Å². The van der Waals surface area contributed by atoms with Gasteiger partial charge in [0, 0.05) is 23.4 Å². The Labute approximate surface area is 132 Å². The van der Waals surface area contributed by atoms with Gasteiger partial charge in [0.25, 0.3) is 5.91 Å². The number of unbranched alkanes of at least 4 members (excludes halogenated alkanes) is 1. The van der Waals surface area contributed by atoms with E-state index in [0.717, 1.165) is 31.4 Å². The maximum atomic E-state index is 12.0. The summed E-state index contributed by atoms with van der Waals surface area (Å²) in [6, 6.07) is 6.81. The third-order valence-corrected chi connectivity index (χ3v) is 3.32. The van der Waals surface area contributed by atoms with Crippen molar-refractivity contribution in [3.05, 3.63) is 29.8 Å². The van der Waals surface area contributed by atoms with Crippen molar-refractivity contribution in [1.29, 1.82) is 0 Å². The second kappa shape index (κ2) is 9.71. The molecule has 0 aromatic heterocycles. The molecule has 2 amide bonds. The predicted molar refractivity (Wildman–Crippen MR) is 90.1 cm³/mol. The second-order valence-corrected chi connectivity index (χ2v) is 5.06. The van der Waals surface area contributed by atoms with Gasteiger partial charge in [-0.3, -0.25) is 9.59 Å². The van der Waals surface area contributed by atoms with Crippen molar-refractivity contribution in [3.8, 4) is 0 Å². The monoisotopic (exact) mass is 303 g/mol. The highest BCUT2D eigenvalue weighted by Gasteiger charge is 2.06. The van der Waals surface area contributed by atoms with Crippen LogP contribution in [0.1, 0.15) is 63.2 Å². The molecule has 0 saturated heterocycles. The number of rotatable bonds is 8. The summed E-state index contributed by atoms with van der Waals surface area (Å²) < 4.78 is 0. The SMILES string of the molecule is CCCCC(=O)Nc1ccc(C(=O)NN=C(CC)CC)cc1. The van der Waals surface area contributed by atoms with Crippen molar-refractivity contribution < 1.29 is 9.59 Å². The lowest BCUT2D eigenvalue weighted by molar-refractivity contribution is -0.116. The molecule has 0 aliphatic heterocycles. The van der Waals surface area contributed by atoms with Crippen LogP contribution < -0.4 is 10.7 Å². The molecule has 0 aliphatic rings. The molecule has 5 nitrogen and oxygen atoms in total. The minimum atomic E-state index is -0.247. The highest BCUT2D eigenvalue weighted by atomic mass is 16.2. The summed E-state index contributed by atoms with van der Waals surface area (Å²) in [5.41, 5.74) is 4.72. The molecule has 1 rings (SSSR count). The van der Waals surface area contributed by atoms with Gasteiger partial charge in [-0.05, 0) is 43.5 Å². The van der Waals surface area contributed by atoms with Gasteiger partial charge in [0.1, 0.15) is 0 Å². The van der Waals surface area contributed by atoms with E-state index in [1.165, 1.54) is 0 Å². The Kier molecular flexibility index (Phi) is 7.89. The van der Waals surface area contributed by atoms with Gasteiger partial charge in [0.2, 0.25) is 5.91 Å². The Bertz CT molecular complexity index is 515. The molecule has 120 valence electrons. The lowest BCUT2D eigenvalue weighted by Gasteiger charge is -2.06. The molecular formula is C17H25N3O2. The number of carbonyl (C=O) groups is 2. The predicted octanol–water partition coefficient (Wildman–Crippen LogP) is 3.72. The lowest BCUT2D eigenvalue weighted by atomic mass is 10.2. The Hall–Kier alpha value is -2.17. The van der Waals surface area contributed by atoms with Gasteiger partial charge in [0.05, 0.1) is 0 Å². The number of nitrogens with one attached hydrogen (secondary N) is 2. The van der Waals surface area contributed by atoms with Gasteiger partial charge >= 0.3 is 0 Å². The van der Waals surface area contributed by atoms with E-state index >= 15 is 0 Å². The first-order valence-corrected chi connectivity index (χ1v) is 7.86. The van der Waals surface area contributed by atoms with Crippen LogP contribution in [0.15, 0.2) is 29.4 Å². The number of benzene rings is 1. The van der Waals surface area contributed by atoms with Gasteiger partial charge in [-0.15, -0.1) is 0 Å². The van der Waals surface area contributed by atoms with Crippen LogP contribution in [0.5, 0.6) is 0 Å². The highest BCUT2D eigenvalue weighted by molar-refractivity contribution is 5.96. The van der Waals surface area contributed by atoms with Gasteiger partial charge in [-0.25, -0.2) is 5.43 Å². The summed E-state index contributed by atoms with van der Waals surface area (Å²) in [4.78, 5) is 23.6. The summed E-state index contributed by atoms with van der Waals surface area (Å²) in [6.07, 6.45) is 4.02. The van der Waals surface area contributed by atoms with Crippen LogP contribution in [0.25, 0.3) is 0 Å². The Morgan fingerprint density at radius 1 is 1.05 bits per heavy atom. The molecule has 0 fully saturated rings. The molecule has 0 heterocycles. The number of hydrazone groups is 1. The van der Waals surface area contributed by atoms with E-state index in [0.29, 0.717) is 17.7 Å². The average molecular weight is 303 g/mol. The first-order chi connectivity index (χ1) is 10.6. The molecule has 0 unspecified atom stereocenters. The Balaban J connectivity index is 2.58. The van der Waals surface area contributed by atoms with Crippen LogP contribution in [0, 0.1) is 0 Å². The number of carbonyl (C=O) groups excluding carboxylic acids is 2. The summed E-state index contributed by atoms with van der Waals surface area (Å²) in [5.74, 6) is -0.248. The number of amides is 2. The second-order valence-electron chi connectivity index (χ2n) is 5.06. The van der Waals surface area contributed by atoms with E-state index in [4.69, 9.17) is 0 Å². The summed E-state index contributed by atoms with van der Waals surface area (Å²) in [5, 5.41) is 6.90. The van der Waals surface area contributed by atoms with Crippen LogP contribution in [-0.2, 0) is 4.79 Å². The van der Waals surface area contributed by atoms with Crippen LogP contribution in [0.3, 0.4) is 0 Å². The van der Waals surface area contributed by atoms with Crippen LogP contribution in [0.2, 0.25) is 0 Å². The molecular weight excluding hydrogens is 278 g/mol. The molecule has 0 bridgehead atoms. The minimum Gasteiger partial charge on any atom is -0.326 e. The zero-order chi connectivity index (χ0) is 16.4. The third-order valence-electron chi connectivity index (χ3n) is 3.32. The first-order valence-electron chi connectivity index (χ1n) is 7.86. The number of anilines is 1. The number of nitrogens with zero attached hydrogens (tertiary/aromatic N) is 1. The lowest BCUT2D eigenvalue weighted by Crippen LogP contribution is -2.19. The fraction of sp³-hybridized carbons (Fsp3) is 0.471. The highest BCUT2D eigenvalue weighted by Crippen LogP contribution is 2.10. The smallest absolute Gasteiger partial charge is 0.271 e. The van der Waals surface area contributed by atoms with Crippen LogP contribution in [0.4, 0.5) is 5.69 Å². The van der Waals surface area contributed by atoms with Crippen molar-refractivity contribution >= 4 is 23.2 Å². The van der Waals surface area contributed by atoms with E-state index in [1.807, 2.05) is 20.8 Å². The van der Waals surface area contributed by atoms with Crippen LogP contribution in [-0.4, -0.2) is 17.5 Å². The number of hydrogen-bond acceptors (Lipinski definition) is 3. The zero-order valence-electron chi connectivity index (χ0n) is 13.6. The molecule has 5 heteroatoms. The normalized spacial score (nSPS) is 9.95. The Morgan fingerprint density at radius 2 is 1.68 bits per heavy atom. The molecule has 0 aliphatic carbocycles. The van der Waals surface area contributed by atoms with Gasteiger partial charge < -0.3 is 5.32 Å². The fourth-order valence-corrected chi connectivity index (χ4v) is 1.87. The Morgan fingerprint density at radius 3 is 2.23 bits per heavy atom. The topological polar surface area (TPSA) is 70.6 Å². The third kappa shape index (κ3) is 6.08. The van der Waals surface area contributed by atoms with Gasteiger partial charge in [-0.1, -0.05) is 27.2 Å². The minimum absolute atomic E-state index is 0.000755.